The number of rotatable bonds is 6. The maximum Gasteiger partial charge on any atom is 0.0493 e. The van der Waals surface area contributed by atoms with Crippen molar-refractivity contribution in [3.63, 3.8) is 0 Å². The van der Waals surface area contributed by atoms with Crippen molar-refractivity contribution in [1.29, 1.82) is 0 Å². The van der Waals surface area contributed by atoms with Crippen LogP contribution in [0.1, 0.15) is 18.1 Å². The Morgan fingerprint density at radius 3 is 2.02 bits per heavy atom. The first-order valence-corrected chi connectivity index (χ1v) is 16.6. The molecule has 7 aromatic rings. The molecule has 0 fully saturated rings. The highest BCUT2D eigenvalue weighted by molar-refractivity contribution is 5.98. The van der Waals surface area contributed by atoms with E-state index in [1.165, 1.54) is 66.7 Å². The highest BCUT2D eigenvalue weighted by Crippen LogP contribution is 2.39. The van der Waals surface area contributed by atoms with E-state index >= 15 is 0 Å². The summed E-state index contributed by atoms with van der Waals surface area (Å²) in [6, 6.07) is 60.7. The molecule has 1 heterocycles. The predicted octanol–water partition coefficient (Wildman–Crippen LogP) is 12.6. The van der Waals surface area contributed by atoms with Gasteiger partial charge in [-0.15, -0.1) is 0 Å². The third-order valence-corrected chi connectivity index (χ3v) is 9.25. The van der Waals surface area contributed by atoms with Crippen LogP contribution in [0.2, 0.25) is 0 Å². The fraction of sp³-hybridized carbons (Fsp3) is 0.0435. The van der Waals surface area contributed by atoms with Gasteiger partial charge in [0.2, 0.25) is 0 Å². The van der Waals surface area contributed by atoms with Crippen LogP contribution in [0.15, 0.2) is 182 Å². The Bertz CT molecular complexity index is 2290. The Kier molecular flexibility index (Phi) is 7.90. The van der Waals surface area contributed by atoms with Crippen LogP contribution in [0.5, 0.6) is 0 Å². The lowest BCUT2D eigenvalue weighted by molar-refractivity contribution is 1.10. The average molecular weight is 617 g/mol. The summed E-state index contributed by atoms with van der Waals surface area (Å²) in [4.78, 5) is 2.46. The molecule has 0 aromatic heterocycles. The van der Waals surface area contributed by atoms with E-state index in [1.54, 1.807) is 0 Å². The van der Waals surface area contributed by atoms with Gasteiger partial charge in [-0.3, -0.25) is 0 Å². The Balaban J connectivity index is 1.12. The number of para-hydroxylation sites is 3. The summed E-state index contributed by atoms with van der Waals surface area (Å²) in [7, 11) is 0. The molecule has 2 nitrogen and oxygen atoms in total. The number of hydrogen-bond donors (Lipinski definition) is 1. The van der Waals surface area contributed by atoms with E-state index in [9.17, 15) is 0 Å². The zero-order chi connectivity index (χ0) is 32.3. The molecular formula is C46H36N2. The summed E-state index contributed by atoms with van der Waals surface area (Å²) < 4.78 is 0. The minimum absolute atomic E-state index is 0.768. The molecule has 8 rings (SSSR count). The van der Waals surface area contributed by atoms with Crippen molar-refractivity contribution in [3.05, 3.63) is 193 Å². The van der Waals surface area contributed by atoms with Gasteiger partial charge < -0.3 is 10.2 Å². The van der Waals surface area contributed by atoms with Crippen LogP contribution in [0.25, 0.3) is 44.2 Å². The highest BCUT2D eigenvalue weighted by Gasteiger charge is 2.18. The van der Waals surface area contributed by atoms with E-state index in [4.69, 9.17) is 0 Å². The van der Waals surface area contributed by atoms with E-state index in [0.29, 0.717) is 0 Å². The zero-order valence-corrected chi connectivity index (χ0v) is 27.0. The highest BCUT2D eigenvalue weighted by atomic mass is 15.1. The number of nitrogens with one attached hydrogen (secondary N) is 1. The van der Waals surface area contributed by atoms with Crippen molar-refractivity contribution in [1.82, 2.24) is 0 Å². The molecule has 0 radical (unpaired) electrons. The standard InChI is InChI=1S/C46H36N2/c1-33-31-38(29-30-48(45-23-10-8-19-41(33)45)46-24-12-14-36-13-5-6-21-43(36)46)35-27-25-34(26-28-35)37-15-11-16-39(32-37)42-20-7-9-22-44(42)47-40-17-3-2-4-18-40/h2-29,31-32,47H,30H2,1H3/b33-31+,38-29+. The molecule has 0 spiro atoms. The number of nitrogens with zero attached hydrogens (tertiary/aromatic N) is 1. The smallest absolute Gasteiger partial charge is 0.0493 e. The second kappa shape index (κ2) is 12.9. The van der Waals surface area contributed by atoms with E-state index in [2.05, 4.69) is 193 Å². The van der Waals surface area contributed by atoms with Crippen LogP contribution in [0.4, 0.5) is 22.7 Å². The molecule has 0 amide bonds. The Hall–Kier alpha value is -6.12. The topological polar surface area (TPSA) is 15.3 Å². The van der Waals surface area contributed by atoms with Gasteiger partial charge in [-0.2, -0.15) is 0 Å². The molecule has 0 atom stereocenters. The molecule has 1 N–H and O–H groups in total. The Morgan fingerprint density at radius 2 is 1.15 bits per heavy atom. The van der Waals surface area contributed by atoms with Crippen molar-refractivity contribution in [2.24, 2.45) is 0 Å². The van der Waals surface area contributed by atoms with Crippen molar-refractivity contribution in [2.75, 3.05) is 16.8 Å². The Labute approximate surface area is 283 Å². The van der Waals surface area contributed by atoms with Crippen molar-refractivity contribution < 1.29 is 0 Å². The van der Waals surface area contributed by atoms with Crippen LogP contribution in [0.3, 0.4) is 0 Å². The molecule has 0 saturated carbocycles. The molecular weight excluding hydrogens is 581 g/mol. The molecule has 48 heavy (non-hydrogen) atoms. The minimum Gasteiger partial charge on any atom is -0.355 e. The fourth-order valence-corrected chi connectivity index (χ4v) is 6.82. The van der Waals surface area contributed by atoms with E-state index < -0.39 is 0 Å². The number of allylic oxidation sites excluding steroid dienone is 3. The SMILES string of the molecule is C/C1=C\C(c2ccc(-c3cccc(-c4ccccc4Nc4ccccc4)c3)cc2)=C/CN(c2cccc3ccccc23)c2ccccc21. The molecule has 1 aliphatic rings. The number of fused-ring (bicyclic) bond motifs is 2. The van der Waals surface area contributed by atoms with E-state index in [0.717, 1.165) is 17.9 Å². The number of hydrogen-bond acceptors (Lipinski definition) is 2. The third kappa shape index (κ3) is 5.81. The lowest BCUT2D eigenvalue weighted by atomic mass is 9.93. The van der Waals surface area contributed by atoms with Crippen LogP contribution in [0, 0.1) is 0 Å². The van der Waals surface area contributed by atoms with Gasteiger partial charge in [0, 0.05) is 45.8 Å². The largest absolute Gasteiger partial charge is 0.355 e. The fourth-order valence-electron chi connectivity index (χ4n) is 6.82. The van der Waals surface area contributed by atoms with Crippen molar-refractivity contribution in [3.8, 4) is 22.3 Å². The van der Waals surface area contributed by atoms with E-state index in [-0.39, 0.29) is 0 Å². The quantitative estimate of drug-likeness (QED) is 0.200. The first-order chi connectivity index (χ1) is 23.7. The van der Waals surface area contributed by atoms with Gasteiger partial charge in [-0.25, -0.2) is 0 Å². The summed E-state index contributed by atoms with van der Waals surface area (Å²) >= 11 is 0. The van der Waals surface area contributed by atoms with Crippen LogP contribution >= 0.6 is 0 Å². The lowest BCUT2D eigenvalue weighted by Gasteiger charge is -2.29. The molecule has 230 valence electrons. The molecule has 0 unspecified atom stereocenters. The second-order valence-electron chi connectivity index (χ2n) is 12.3. The molecule has 1 aliphatic heterocycles. The summed E-state index contributed by atoms with van der Waals surface area (Å²) in [5.41, 5.74) is 14.3. The number of benzene rings is 7. The molecule has 0 bridgehead atoms. The van der Waals surface area contributed by atoms with Crippen molar-refractivity contribution >= 4 is 44.7 Å². The Morgan fingerprint density at radius 1 is 0.500 bits per heavy atom. The molecule has 0 saturated heterocycles. The van der Waals surface area contributed by atoms with Crippen LogP contribution < -0.4 is 10.2 Å². The predicted molar refractivity (Wildman–Crippen MR) is 206 cm³/mol. The van der Waals surface area contributed by atoms with Gasteiger partial charge >= 0.3 is 0 Å². The first-order valence-electron chi connectivity index (χ1n) is 16.6. The van der Waals surface area contributed by atoms with Gasteiger partial charge in [0.15, 0.2) is 0 Å². The summed E-state index contributed by atoms with van der Waals surface area (Å²) in [5.74, 6) is 0. The minimum atomic E-state index is 0.768. The van der Waals surface area contributed by atoms with Gasteiger partial charge in [0.05, 0.1) is 0 Å². The zero-order valence-electron chi connectivity index (χ0n) is 27.0. The maximum absolute atomic E-state index is 3.60. The average Bonchev–Trinajstić information content (AvgIpc) is 3.15. The van der Waals surface area contributed by atoms with Crippen molar-refractivity contribution in [2.45, 2.75) is 6.92 Å². The second-order valence-corrected chi connectivity index (χ2v) is 12.3. The van der Waals surface area contributed by atoms with E-state index in [1.807, 2.05) is 6.07 Å². The molecule has 0 aliphatic carbocycles. The summed E-state index contributed by atoms with van der Waals surface area (Å²) in [6.45, 7) is 2.99. The third-order valence-electron chi connectivity index (χ3n) is 9.25. The van der Waals surface area contributed by atoms with Gasteiger partial charge in [-0.1, -0.05) is 146 Å². The first kappa shape index (κ1) is 29.3. The molecule has 7 aromatic carbocycles. The van der Waals surface area contributed by atoms with Crippen LogP contribution in [-0.2, 0) is 0 Å². The maximum atomic E-state index is 3.60. The normalized spacial score (nSPS) is 15.0. The summed E-state index contributed by atoms with van der Waals surface area (Å²) in [5, 5.41) is 6.11. The number of anilines is 4. The van der Waals surface area contributed by atoms with Crippen LogP contribution in [-0.4, -0.2) is 6.54 Å². The summed E-state index contributed by atoms with van der Waals surface area (Å²) in [6.07, 6.45) is 4.71. The molecule has 2 heteroatoms. The van der Waals surface area contributed by atoms with Gasteiger partial charge in [0.1, 0.15) is 0 Å². The lowest BCUT2D eigenvalue weighted by Crippen LogP contribution is -2.19. The van der Waals surface area contributed by atoms with Gasteiger partial charge in [-0.05, 0) is 82.1 Å². The van der Waals surface area contributed by atoms with Gasteiger partial charge in [0.25, 0.3) is 0 Å². The monoisotopic (exact) mass is 616 g/mol.